The number of carboxylic acids is 1. The molecule has 1 heterocycles. The highest BCUT2D eigenvalue weighted by molar-refractivity contribution is 7.14. The lowest BCUT2D eigenvalue weighted by atomic mass is 9.99. The number of nitrogens with zero attached hydrogens (tertiary/aromatic N) is 1. The summed E-state index contributed by atoms with van der Waals surface area (Å²) in [6.07, 6.45) is 0.124. The summed E-state index contributed by atoms with van der Waals surface area (Å²) in [6.45, 7) is 0. The van der Waals surface area contributed by atoms with Crippen molar-refractivity contribution in [3.63, 3.8) is 0 Å². The minimum Gasteiger partial charge on any atom is -0.478 e. The highest BCUT2D eigenvalue weighted by Crippen LogP contribution is 2.36. The Morgan fingerprint density at radius 1 is 1.14 bits per heavy atom. The van der Waals surface area contributed by atoms with Gasteiger partial charge in [0.25, 0.3) is 0 Å². The van der Waals surface area contributed by atoms with Gasteiger partial charge in [0.1, 0.15) is 11.5 Å². The van der Waals surface area contributed by atoms with E-state index in [1.807, 2.05) is 6.07 Å². The molecule has 0 bridgehead atoms. The standard InChI is InChI=1S/C21H14Cl2N2O3S/c22-15-7-5-12(6-8-15)19-18(21(27)28)17(11-29-19)25-20(26)14(10-24)9-13-3-1-2-4-16(13)23/h1-8,11,14H,9H2,(H,25,26)(H,27,28). The van der Waals surface area contributed by atoms with Crippen molar-refractivity contribution < 1.29 is 14.7 Å². The number of carbonyl (C=O) groups is 2. The molecule has 0 aliphatic carbocycles. The van der Waals surface area contributed by atoms with Gasteiger partial charge in [-0.25, -0.2) is 4.79 Å². The molecule has 0 fully saturated rings. The number of hydrogen-bond acceptors (Lipinski definition) is 4. The predicted molar refractivity (Wildman–Crippen MR) is 115 cm³/mol. The van der Waals surface area contributed by atoms with Crippen LogP contribution >= 0.6 is 34.5 Å². The second kappa shape index (κ2) is 9.10. The van der Waals surface area contributed by atoms with E-state index in [1.165, 1.54) is 11.3 Å². The number of carboxylic acid groups (broad SMARTS) is 1. The summed E-state index contributed by atoms with van der Waals surface area (Å²) in [7, 11) is 0. The number of halogens is 2. The minimum atomic E-state index is -1.17. The van der Waals surface area contributed by atoms with Crippen LogP contribution in [0.1, 0.15) is 15.9 Å². The van der Waals surface area contributed by atoms with Gasteiger partial charge in [0.05, 0.1) is 16.6 Å². The smallest absolute Gasteiger partial charge is 0.339 e. The van der Waals surface area contributed by atoms with E-state index in [0.717, 1.165) is 0 Å². The summed E-state index contributed by atoms with van der Waals surface area (Å²) in [6, 6.07) is 15.7. The maximum atomic E-state index is 12.6. The quantitative estimate of drug-likeness (QED) is 0.506. The van der Waals surface area contributed by atoms with Gasteiger partial charge in [0.15, 0.2) is 0 Å². The first-order valence-corrected chi connectivity index (χ1v) is 10.1. The number of thiophene rings is 1. The van der Waals surface area contributed by atoms with Crippen molar-refractivity contribution in [1.82, 2.24) is 0 Å². The summed E-state index contributed by atoms with van der Waals surface area (Å²) in [5.41, 5.74) is 1.46. The lowest BCUT2D eigenvalue weighted by molar-refractivity contribution is -0.118. The summed E-state index contributed by atoms with van der Waals surface area (Å²) >= 11 is 13.2. The van der Waals surface area contributed by atoms with Crippen LogP contribution in [-0.4, -0.2) is 17.0 Å². The number of nitriles is 1. The van der Waals surface area contributed by atoms with Crippen molar-refractivity contribution in [3.05, 3.63) is 75.1 Å². The first kappa shape index (κ1) is 20.9. The molecule has 0 aliphatic heterocycles. The normalized spacial score (nSPS) is 11.5. The summed E-state index contributed by atoms with van der Waals surface area (Å²) < 4.78 is 0. The van der Waals surface area contributed by atoms with Gasteiger partial charge in [-0.05, 0) is 35.7 Å². The van der Waals surface area contributed by atoms with Crippen LogP contribution in [0.15, 0.2) is 53.9 Å². The van der Waals surface area contributed by atoms with E-state index >= 15 is 0 Å². The second-order valence-corrected chi connectivity index (χ2v) is 7.86. The SMILES string of the molecule is N#CC(Cc1ccccc1Cl)C(=O)Nc1csc(-c2ccc(Cl)cc2)c1C(=O)O. The first-order chi connectivity index (χ1) is 13.9. The van der Waals surface area contributed by atoms with Gasteiger partial charge >= 0.3 is 5.97 Å². The van der Waals surface area contributed by atoms with Crippen LogP contribution in [0.3, 0.4) is 0 Å². The highest BCUT2D eigenvalue weighted by Gasteiger charge is 2.25. The van der Waals surface area contributed by atoms with Gasteiger partial charge in [-0.15, -0.1) is 11.3 Å². The van der Waals surface area contributed by atoms with E-state index < -0.39 is 17.8 Å². The molecule has 1 aromatic heterocycles. The van der Waals surface area contributed by atoms with Gasteiger partial charge in [-0.3, -0.25) is 4.79 Å². The second-order valence-electron chi connectivity index (χ2n) is 6.13. The fourth-order valence-corrected chi connectivity index (χ4v) is 4.12. The maximum absolute atomic E-state index is 12.6. The van der Waals surface area contributed by atoms with E-state index in [1.54, 1.807) is 53.9 Å². The van der Waals surface area contributed by atoms with E-state index in [2.05, 4.69) is 5.32 Å². The molecular weight excluding hydrogens is 431 g/mol. The van der Waals surface area contributed by atoms with Gasteiger partial charge in [-0.1, -0.05) is 53.5 Å². The Morgan fingerprint density at radius 2 is 1.83 bits per heavy atom. The van der Waals surface area contributed by atoms with Crippen LogP contribution in [0.2, 0.25) is 10.0 Å². The Balaban J connectivity index is 1.86. The van der Waals surface area contributed by atoms with Crippen LogP contribution < -0.4 is 5.32 Å². The average Bonchev–Trinajstić information content (AvgIpc) is 3.11. The fourth-order valence-electron chi connectivity index (χ4n) is 2.78. The third kappa shape index (κ3) is 4.77. The van der Waals surface area contributed by atoms with Crippen molar-refractivity contribution in [3.8, 4) is 16.5 Å². The molecular formula is C21H14Cl2N2O3S. The molecule has 8 heteroatoms. The molecule has 1 atom stereocenters. The molecule has 1 amide bonds. The van der Waals surface area contributed by atoms with Crippen LogP contribution in [-0.2, 0) is 11.2 Å². The number of aromatic carboxylic acids is 1. The zero-order chi connectivity index (χ0) is 21.0. The topological polar surface area (TPSA) is 90.2 Å². The molecule has 3 aromatic rings. The minimum absolute atomic E-state index is 0.0277. The van der Waals surface area contributed by atoms with Gasteiger partial charge < -0.3 is 10.4 Å². The molecule has 0 aliphatic rings. The third-order valence-electron chi connectivity index (χ3n) is 4.22. The maximum Gasteiger partial charge on any atom is 0.339 e. The molecule has 146 valence electrons. The third-order valence-corrected chi connectivity index (χ3v) is 5.87. The molecule has 29 heavy (non-hydrogen) atoms. The number of carbonyl (C=O) groups excluding carboxylic acids is 1. The Hall–Kier alpha value is -2.85. The average molecular weight is 445 g/mol. The van der Waals surface area contributed by atoms with Gasteiger partial charge in [0, 0.05) is 15.4 Å². The van der Waals surface area contributed by atoms with E-state index in [9.17, 15) is 20.0 Å². The lowest BCUT2D eigenvalue weighted by Crippen LogP contribution is -2.24. The van der Waals surface area contributed by atoms with Crippen molar-refractivity contribution in [2.75, 3.05) is 5.32 Å². The predicted octanol–water partition coefficient (Wildman–Crippen LogP) is 5.74. The molecule has 0 radical (unpaired) electrons. The van der Waals surface area contributed by atoms with Crippen molar-refractivity contribution in [1.29, 1.82) is 5.26 Å². The molecule has 0 spiro atoms. The van der Waals surface area contributed by atoms with Gasteiger partial charge in [0.2, 0.25) is 5.91 Å². The molecule has 1 unspecified atom stereocenters. The summed E-state index contributed by atoms with van der Waals surface area (Å²) in [5.74, 6) is -2.78. The van der Waals surface area contributed by atoms with Crippen LogP contribution in [0, 0.1) is 17.2 Å². The van der Waals surface area contributed by atoms with Crippen LogP contribution in [0.25, 0.3) is 10.4 Å². The van der Waals surface area contributed by atoms with Crippen molar-refractivity contribution in [2.45, 2.75) is 6.42 Å². The Labute approximate surface area is 181 Å². The van der Waals surface area contributed by atoms with Crippen molar-refractivity contribution in [2.24, 2.45) is 5.92 Å². The lowest BCUT2D eigenvalue weighted by Gasteiger charge is -2.11. The van der Waals surface area contributed by atoms with Crippen LogP contribution in [0.4, 0.5) is 5.69 Å². The Bertz CT molecular complexity index is 1100. The van der Waals surface area contributed by atoms with E-state index in [-0.39, 0.29) is 17.7 Å². The summed E-state index contributed by atoms with van der Waals surface area (Å²) in [5, 5.41) is 24.2. The van der Waals surface area contributed by atoms with E-state index in [0.29, 0.717) is 26.0 Å². The Morgan fingerprint density at radius 3 is 2.45 bits per heavy atom. The number of nitrogens with one attached hydrogen (secondary N) is 1. The number of anilines is 1. The number of hydrogen-bond donors (Lipinski definition) is 2. The first-order valence-electron chi connectivity index (χ1n) is 8.45. The Kier molecular flexibility index (Phi) is 6.55. The molecule has 0 saturated carbocycles. The van der Waals surface area contributed by atoms with E-state index in [4.69, 9.17) is 23.2 Å². The molecule has 5 nitrogen and oxygen atoms in total. The largest absolute Gasteiger partial charge is 0.478 e. The van der Waals surface area contributed by atoms with Crippen LogP contribution in [0.5, 0.6) is 0 Å². The molecule has 2 N–H and O–H groups in total. The summed E-state index contributed by atoms with van der Waals surface area (Å²) in [4.78, 5) is 25.0. The van der Waals surface area contributed by atoms with Crippen molar-refractivity contribution >= 4 is 52.1 Å². The fraction of sp³-hybridized carbons (Fsp3) is 0.0952. The number of benzene rings is 2. The molecule has 2 aromatic carbocycles. The zero-order valence-corrected chi connectivity index (χ0v) is 17.2. The number of rotatable bonds is 6. The number of amides is 1. The molecule has 3 rings (SSSR count). The van der Waals surface area contributed by atoms with Gasteiger partial charge in [-0.2, -0.15) is 5.26 Å². The monoisotopic (exact) mass is 444 g/mol. The highest BCUT2D eigenvalue weighted by atomic mass is 35.5. The molecule has 0 saturated heterocycles. The zero-order valence-electron chi connectivity index (χ0n) is 14.9.